The summed E-state index contributed by atoms with van der Waals surface area (Å²) in [5.74, 6) is 0.232. The maximum atomic E-state index is 10.7. The van der Waals surface area contributed by atoms with Gasteiger partial charge in [0.1, 0.15) is 0 Å². The minimum Gasteiger partial charge on any atom is -0.376 e. The third kappa shape index (κ3) is 3.12. The summed E-state index contributed by atoms with van der Waals surface area (Å²) >= 11 is 3.84. The predicted molar refractivity (Wildman–Crippen MR) is 45.8 cm³/mol. The summed E-state index contributed by atoms with van der Waals surface area (Å²) in [5.41, 5.74) is 0. The fraction of sp³-hybridized carbons (Fsp3) is 0.857. The third-order valence-corrected chi connectivity index (χ3v) is 1.98. The van der Waals surface area contributed by atoms with Crippen molar-refractivity contribution in [3.63, 3.8) is 0 Å². The number of carbonyl (C=O) groups excluding carboxylic acids is 1. The van der Waals surface area contributed by atoms with E-state index in [0.717, 1.165) is 19.4 Å². The van der Waals surface area contributed by atoms with E-state index < -0.39 is 0 Å². The molecule has 1 N–H and O–H groups in total. The number of ether oxygens (including phenoxy) is 1. The lowest BCUT2D eigenvalue weighted by atomic mass is 10.2. The van der Waals surface area contributed by atoms with E-state index >= 15 is 0 Å². The van der Waals surface area contributed by atoms with Crippen LogP contribution in [0.5, 0.6) is 0 Å². The molecule has 0 bridgehead atoms. The van der Waals surface area contributed by atoms with Crippen LogP contribution in [0.3, 0.4) is 0 Å². The lowest BCUT2D eigenvalue weighted by molar-refractivity contribution is -0.119. The molecule has 1 saturated heterocycles. The van der Waals surface area contributed by atoms with Crippen LogP contribution in [0.15, 0.2) is 0 Å². The lowest BCUT2D eigenvalue weighted by Gasteiger charge is -2.09. The van der Waals surface area contributed by atoms with Gasteiger partial charge >= 0.3 is 0 Å². The Labute approximate surface area is 71.9 Å². The van der Waals surface area contributed by atoms with Gasteiger partial charge in [-0.3, -0.25) is 4.79 Å². The Morgan fingerprint density at radius 2 is 2.55 bits per heavy atom. The van der Waals surface area contributed by atoms with Crippen molar-refractivity contribution < 1.29 is 9.53 Å². The van der Waals surface area contributed by atoms with Gasteiger partial charge in [0.15, 0.2) is 0 Å². The number of carbonyl (C=O) groups is 1. The van der Waals surface area contributed by atoms with Crippen LogP contribution >= 0.6 is 12.6 Å². The normalized spacial score (nSPS) is 23.5. The summed E-state index contributed by atoms with van der Waals surface area (Å²) in [6.45, 7) is 1.47. The fourth-order valence-electron chi connectivity index (χ4n) is 1.09. The molecule has 0 radical (unpaired) electrons. The molecule has 0 aromatic heterocycles. The molecule has 0 aliphatic carbocycles. The van der Waals surface area contributed by atoms with Crippen LogP contribution in [0.2, 0.25) is 0 Å². The Hall–Kier alpha value is -0.220. The zero-order valence-electron chi connectivity index (χ0n) is 6.38. The van der Waals surface area contributed by atoms with Gasteiger partial charge in [0.05, 0.1) is 11.9 Å². The topological polar surface area (TPSA) is 38.3 Å². The number of nitrogens with one attached hydrogen (secondary N) is 1. The second kappa shape index (κ2) is 4.62. The first kappa shape index (κ1) is 8.87. The van der Waals surface area contributed by atoms with E-state index in [1.807, 2.05) is 0 Å². The molecule has 1 heterocycles. The molecule has 0 spiro atoms. The standard InChI is InChI=1S/C7H13NO2S/c9-7(5-11)8-4-6-2-1-3-10-6/h6,11H,1-5H2,(H,8,9)/t6-/m1/s1. The van der Waals surface area contributed by atoms with Gasteiger partial charge in [0, 0.05) is 13.2 Å². The molecular formula is C7H13NO2S. The Morgan fingerprint density at radius 3 is 3.09 bits per heavy atom. The minimum atomic E-state index is -0.0242. The highest BCUT2D eigenvalue weighted by Gasteiger charge is 2.15. The Kier molecular flexibility index (Phi) is 3.72. The third-order valence-electron chi connectivity index (χ3n) is 1.69. The molecule has 11 heavy (non-hydrogen) atoms. The zero-order chi connectivity index (χ0) is 8.10. The van der Waals surface area contributed by atoms with E-state index in [4.69, 9.17) is 4.74 Å². The first-order valence-corrected chi connectivity index (χ1v) is 4.45. The number of amides is 1. The molecular weight excluding hydrogens is 162 g/mol. The van der Waals surface area contributed by atoms with Crippen molar-refractivity contribution in [2.45, 2.75) is 18.9 Å². The molecule has 1 fully saturated rings. The molecule has 64 valence electrons. The highest BCUT2D eigenvalue weighted by Crippen LogP contribution is 2.10. The Bertz CT molecular complexity index is 134. The monoisotopic (exact) mass is 175 g/mol. The Balaban J connectivity index is 2.06. The molecule has 1 amide bonds. The predicted octanol–water partition coefficient (Wildman–Crippen LogP) is 0.211. The highest BCUT2D eigenvalue weighted by molar-refractivity contribution is 7.81. The van der Waals surface area contributed by atoms with E-state index in [9.17, 15) is 4.79 Å². The summed E-state index contributed by atoms with van der Waals surface area (Å²) in [5, 5.41) is 2.73. The molecule has 0 aromatic carbocycles. The van der Waals surface area contributed by atoms with Gasteiger partial charge in [-0.15, -0.1) is 0 Å². The number of thiol groups is 1. The van der Waals surface area contributed by atoms with Crippen LogP contribution in [0.4, 0.5) is 0 Å². The molecule has 1 aliphatic rings. The quantitative estimate of drug-likeness (QED) is 0.602. The number of rotatable bonds is 3. The number of hydrogen-bond acceptors (Lipinski definition) is 3. The van der Waals surface area contributed by atoms with Crippen LogP contribution in [-0.4, -0.2) is 30.9 Å². The second-order valence-electron chi connectivity index (χ2n) is 2.60. The molecule has 3 nitrogen and oxygen atoms in total. The van der Waals surface area contributed by atoms with Crippen molar-refractivity contribution in [2.75, 3.05) is 18.9 Å². The summed E-state index contributed by atoms with van der Waals surface area (Å²) in [6, 6.07) is 0. The van der Waals surface area contributed by atoms with Crippen molar-refractivity contribution in [3.05, 3.63) is 0 Å². The van der Waals surface area contributed by atoms with E-state index in [0.29, 0.717) is 6.54 Å². The fourth-order valence-corrected chi connectivity index (χ4v) is 1.20. The second-order valence-corrected chi connectivity index (χ2v) is 2.91. The summed E-state index contributed by atoms with van der Waals surface area (Å²) in [4.78, 5) is 10.7. The van der Waals surface area contributed by atoms with Crippen molar-refractivity contribution >= 4 is 18.5 Å². The van der Waals surface area contributed by atoms with Crippen molar-refractivity contribution in [2.24, 2.45) is 0 Å². The van der Waals surface area contributed by atoms with Gasteiger partial charge in [-0.1, -0.05) is 0 Å². The minimum absolute atomic E-state index is 0.0242. The van der Waals surface area contributed by atoms with Gasteiger partial charge in [0.25, 0.3) is 0 Å². The summed E-state index contributed by atoms with van der Waals surface area (Å²) < 4.78 is 5.31. The smallest absolute Gasteiger partial charge is 0.229 e. The zero-order valence-corrected chi connectivity index (χ0v) is 7.27. The maximum Gasteiger partial charge on any atom is 0.229 e. The average Bonchev–Trinajstić information content (AvgIpc) is 2.52. The van der Waals surface area contributed by atoms with E-state index in [2.05, 4.69) is 17.9 Å². The van der Waals surface area contributed by atoms with Crippen LogP contribution in [0.25, 0.3) is 0 Å². The first-order chi connectivity index (χ1) is 5.33. The van der Waals surface area contributed by atoms with Crippen molar-refractivity contribution in [1.29, 1.82) is 0 Å². The molecule has 0 aromatic rings. The first-order valence-electron chi connectivity index (χ1n) is 3.82. The van der Waals surface area contributed by atoms with Crippen LogP contribution in [0.1, 0.15) is 12.8 Å². The molecule has 0 unspecified atom stereocenters. The van der Waals surface area contributed by atoms with Crippen LogP contribution in [0, 0.1) is 0 Å². The molecule has 1 atom stereocenters. The average molecular weight is 175 g/mol. The van der Waals surface area contributed by atoms with Gasteiger partial charge in [0.2, 0.25) is 5.91 Å². The SMILES string of the molecule is O=C(CS)NC[C@H]1CCCO1. The van der Waals surface area contributed by atoms with Gasteiger partial charge < -0.3 is 10.1 Å². The highest BCUT2D eigenvalue weighted by atomic mass is 32.1. The van der Waals surface area contributed by atoms with Crippen LogP contribution < -0.4 is 5.32 Å². The van der Waals surface area contributed by atoms with Crippen molar-refractivity contribution in [3.8, 4) is 0 Å². The van der Waals surface area contributed by atoms with E-state index in [1.165, 1.54) is 0 Å². The van der Waals surface area contributed by atoms with Crippen molar-refractivity contribution in [1.82, 2.24) is 5.32 Å². The van der Waals surface area contributed by atoms with Gasteiger partial charge in [-0.05, 0) is 12.8 Å². The van der Waals surface area contributed by atoms with E-state index in [-0.39, 0.29) is 17.8 Å². The Morgan fingerprint density at radius 1 is 1.73 bits per heavy atom. The van der Waals surface area contributed by atoms with Gasteiger partial charge in [-0.25, -0.2) is 0 Å². The number of hydrogen-bond donors (Lipinski definition) is 2. The van der Waals surface area contributed by atoms with Crippen LogP contribution in [-0.2, 0) is 9.53 Å². The molecule has 1 rings (SSSR count). The van der Waals surface area contributed by atoms with Gasteiger partial charge in [-0.2, -0.15) is 12.6 Å². The molecule has 1 aliphatic heterocycles. The van der Waals surface area contributed by atoms with E-state index in [1.54, 1.807) is 0 Å². The largest absolute Gasteiger partial charge is 0.376 e. The molecule has 4 heteroatoms. The summed E-state index contributed by atoms with van der Waals surface area (Å²) in [6.07, 6.45) is 2.41. The summed E-state index contributed by atoms with van der Waals surface area (Å²) in [7, 11) is 0. The molecule has 0 saturated carbocycles. The lowest BCUT2D eigenvalue weighted by Crippen LogP contribution is -2.32. The maximum absolute atomic E-state index is 10.7.